The molecule has 0 aromatic heterocycles. The lowest BCUT2D eigenvalue weighted by atomic mass is 10.0. The van der Waals surface area contributed by atoms with Crippen LogP contribution in [0, 0.1) is 0 Å². The molecule has 0 saturated carbocycles. The average molecular weight is 917 g/mol. The van der Waals surface area contributed by atoms with E-state index in [2.05, 4.69) is 26.0 Å². The third kappa shape index (κ3) is 48.5. The van der Waals surface area contributed by atoms with E-state index in [-0.39, 0.29) is 19.4 Å². The number of hydrogen-bond acceptors (Lipinski definition) is 9. The summed E-state index contributed by atoms with van der Waals surface area (Å²) < 4.78 is 32.9. The van der Waals surface area contributed by atoms with Crippen molar-refractivity contribution in [3.05, 3.63) is 12.2 Å². The molecule has 374 valence electrons. The maximum absolute atomic E-state index is 12.7. The van der Waals surface area contributed by atoms with Crippen molar-refractivity contribution in [2.24, 2.45) is 0 Å². The van der Waals surface area contributed by atoms with Gasteiger partial charge in [-0.1, -0.05) is 231 Å². The summed E-state index contributed by atoms with van der Waals surface area (Å²) >= 11 is 0. The first-order valence-corrected chi connectivity index (χ1v) is 28.1. The Balaban J connectivity index is 4.08. The van der Waals surface area contributed by atoms with Gasteiger partial charge in [0.1, 0.15) is 12.7 Å². The Bertz CT molecular complexity index is 1060. The number of rotatable bonds is 51. The zero-order valence-electron chi connectivity index (χ0n) is 41.1. The first kappa shape index (κ1) is 61.7. The minimum Gasteiger partial charge on any atom is -0.462 e. The average Bonchev–Trinajstić information content (AvgIpc) is 3.27. The summed E-state index contributed by atoms with van der Waals surface area (Å²) in [7, 11) is -4.62. The Hall–Kier alpha value is -1.29. The molecule has 11 heteroatoms. The lowest BCUT2D eigenvalue weighted by Crippen LogP contribution is -2.29. The Labute approximate surface area is 387 Å². The number of carbonyl (C=O) groups excluding carboxylic acids is 2. The number of phosphoric acid groups is 1. The fourth-order valence-corrected chi connectivity index (χ4v) is 8.60. The molecule has 0 aliphatic rings. The molecule has 0 amide bonds. The van der Waals surface area contributed by atoms with Gasteiger partial charge >= 0.3 is 19.8 Å². The van der Waals surface area contributed by atoms with E-state index in [0.29, 0.717) is 12.8 Å². The number of ether oxygens (including phenoxy) is 2. The summed E-state index contributed by atoms with van der Waals surface area (Å²) in [6, 6.07) is 0. The number of allylic oxidation sites excluding steroid dienone is 2. The Morgan fingerprint density at radius 3 is 1.14 bits per heavy atom. The van der Waals surface area contributed by atoms with Crippen molar-refractivity contribution in [2.75, 3.05) is 26.4 Å². The molecule has 3 unspecified atom stereocenters. The molecule has 0 heterocycles. The van der Waals surface area contributed by atoms with Crippen molar-refractivity contribution in [2.45, 2.75) is 283 Å². The van der Waals surface area contributed by atoms with E-state index in [9.17, 15) is 24.2 Å². The van der Waals surface area contributed by atoms with Gasteiger partial charge in [-0.2, -0.15) is 0 Å². The van der Waals surface area contributed by atoms with E-state index < -0.39 is 51.8 Å². The number of phosphoric ester groups is 1. The van der Waals surface area contributed by atoms with Gasteiger partial charge in [0, 0.05) is 12.8 Å². The maximum atomic E-state index is 12.7. The zero-order valence-corrected chi connectivity index (χ0v) is 42.0. The molecule has 10 nitrogen and oxygen atoms in total. The topological polar surface area (TPSA) is 149 Å². The smallest absolute Gasteiger partial charge is 0.462 e. The van der Waals surface area contributed by atoms with Crippen LogP contribution < -0.4 is 0 Å². The molecule has 0 rings (SSSR count). The van der Waals surface area contributed by atoms with Gasteiger partial charge < -0.3 is 24.6 Å². The van der Waals surface area contributed by atoms with Crippen molar-refractivity contribution in [1.29, 1.82) is 0 Å². The first-order chi connectivity index (χ1) is 30.7. The second-order valence-electron chi connectivity index (χ2n) is 18.3. The van der Waals surface area contributed by atoms with Crippen LogP contribution in [0.1, 0.15) is 271 Å². The minimum absolute atomic E-state index is 0.179. The van der Waals surface area contributed by atoms with Gasteiger partial charge in [-0.15, -0.1) is 0 Å². The van der Waals surface area contributed by atoms with Crippen LogP contribution in [-0.4, -0.2) is 65.7 Å². The van der Waals surface area contributed by atoms with Gasteiger partial charge in [0.15, 0.2) is 6.10 Å². The van der Waals surface area contributed by atoms with E-state index in [1.165, 1.54) is 180 Å². The van der Waals surface area contributed by atoms with E-state index >= 15 is 0 Å². The number of esters is 2. The molecule has 0 bridgehead atoms. The van der Waals surface area contributed by atoms with Crippen LogP contribution in [0.3, 0.4) is 0 Å². The summed E-state index contributed by atoms with van der Waals surface area (Å²) in [5, 5.41) is 18.4. The van der Waals surface area contributed by atoms with Crippen molar-refractivity contribution < 1.29 is 47.8 Å². The Morgan fingerprint density at radius 2 is 0.778 bits per heavy atom. The molecule has 0 aromatic carbocycles. The molecular formula is C52H101O10P. The number of unbranched alkanes of at least 4 members (excludes halogenated alkanes) is 35. The van der Waals surface area contributed by atoms with Gasteiger partial charge in [-0.05, 0) is 38.5 Å². The molecule has 63 heavy (non-hydrogen) atoms. The zero-order chi connectivity index (χ0) is 46.2. The van der Waals surface area contributed by atoms with Gasteiger partial charge in [0.05, 0.1) is 19.8 Å². The summed E-state index contributed by atoms with van der Waals surface area (Å²) in [5.74, 6) is -0.917. The number of hydrogen-bond donors (Lipinski definition) is 3. The molecule has 0 fully saturated rings. The Morgan fingerprint density at radius 1 is 0.460 bits per heavy atom. The quantitative estimate of drug-likeness (QED) is 0.0233. The number of carbonyl (C=O) groups is 2. The molecule has 0 aliphatic heterocycles. The highest BCUT2D eigenvalue weighted by atomic mass is 31.2. The summed E-state index contributed by atoms with van der Waals surface area (Å²) in [6.07, 6.45) is 50.5. The van der Waals surface area contributed by atoms with Crippen LogP contribution in [0.5, 0.6) is 0 Å². The van der Waals surface area contributed by atoms with Crippen LogP contribution in [-0.2, 0) is 32.7 Å². The molecule has 3 atom stereocenters. The molecular weight excluding hydrogens is 816 g/mol. The Kier molecular flexibility index (Phi) is 47.6. The van der Waals surface area contributed by atoms with Gasteiger partial charge in [0.25, 0.3) is 0 Å². The fraction of sp³-hybridized carbons (Fsp3) is 0.923. The van der Waals surface area contributed by atoms with E-state index in [4.69, 9.17) is 23.6 Å². The SMILES string of the molecule is CCCCCCCCC/C=C\CCCCCCCC(=O)OC(COC(=O)CCCCCCCCCCCCCCCCCCCCCCCCCC)COP(=O)(O)OCC(O)CO. The number of aliphatic hydroxyl groups is 2. The first-order valence-electron chi connectivity index (χ1n) is 26.6. The normalized spacial score (nSPS) is 13.7. The molecule has 0 spiro atoms. The van der Waals surface area contributed by atoms with Crippen LogP contribution in [0.4, 0.5) is 0 Å². The molecule has 3 N–H and O–H groups in total. The highest BCUT2D eigenvalue weighted by Crippen LogP contribution is 2.43. The monoisotopic (exact) mass is 917 g/mol. The fourth-order valence-electron chi connectivity index (χ4n) is 7.82. The molecule has 0 saturated heterocycles. The standard InChI is InChI=1S/C52H101O10P/c1-3-5-7-9-11-13-15-17-19-21-22-23-24-25-26-27-28-30-31-33-35-37-39-41-43-51(55)59-47-50(48-61-63(57,58)60-46-49(54)45-53)62-52(56)44-42-40-38-36-34-32-29-20-18-16-14-12-10-8-6-4-2/h20,29,49-50,53-54H,3-19,21-28,30-48H2,1-2H3,(H,57,58)/b29-20-. The minimum atomic E-state index is -4.62. The summed E-state index contributed by atoms with van der Waals surface area (Å²) in [6.45, 7) is 2.43. The second-order valence-corrected chi connectivity index (χ2v) is 19.7. The lowest BCUT2D eigenvalue weighted by molar-refractivity contribution is -0.161. The predicted octanol–water partition coefficient (Wildman–Crippen LogP) is 15.1. The second kappa shape index (κ2) is 48.6. The largest absolute Gasteiger partial charge is 0.472 e. The van der Waals surface area contributed by atoms with Crippen LogP contribution in [0.15, 0.2) is 12.2 Å². The lowest BCUT2D eigenvalue weighted by Gasteiger charge is -2.20. The summed E-state index contributed by atoms with van der Waals surface area (Å²) in [4.78, 5) is 35.2. The number of aliphatic hydroxyl groups excluding tert-OH is 2. The van der Waals surface area contributed by atoms with E-state index in [1.54, 1.807) is 0 Å². The van der Waals surface area contributed by atoms with Crippen LogP contribution in [0.25, 0.3) is 0 Å². The third-order valence-electron chi connectivity index (χ3n) is 11.9. The predicted molar refractivity (Wildman–Crippen MR) is 261 cm³/mol. The molecule has 0 aliphatic carbocycles. The molecule has 0 aromatic rings. The highest BCUT2D eigenvalue weighted by molar-refractivity contribution is 7.47. The van der Waals surface area contributed by atoms with E-state index in [1.807, 2.05) is 0 Å². The highest BCUT2D eigenvalue weighted by Gasteiger charge is 2.27. The van der Waals surface area contributed by atoms with Gasteiger partial charge in [0.2, 0.25) is 0 Å². The van der Waals surface area contributed by atoms with E-state index in [0.717, 1.165) is 51.4 Å². The van der Waals surface area contributed by atoms with Crippen LogP contribution >= 0.6 is 7.82 Å². The van der Waals surface area contributed by atoms with Crippen molar-refractivity contribution in [3.63, 3.8) is 0 Å². The molecule has 0 radical (unpaired) electrons. The van der Waals surface area contributed by atoms with Gasteiger partial charge in [-0.25, -0.2) is 4.57 Å². The van der Waals surface area contributed by atoms with Crippen molar-refractivity contribution >= 4 is 19.8 Å². The van der Waals surface area contributed by atoms with Crippen LogP contribution in [0.2, 0.25) is 0 Å². The van der Waals surface area contributed by atoms with Crippen molar-refractivity contribution in [1.82, 2.24) is 0 Å². The maximum Gasteiger partial charge on any atom is 0.472 e. The third-order valence-corrected chi connectivity index (χ3v) is 12.9. The van der Waals surface area contributed by atoms with Crippen molar-refractivity contribution in [3.8, 4) is 0 Å². The summed E-state index contributed by atoms with van der Waals surface area (Å²) in [5.41, 5.74) is 0. The van der Waals surface area contributed by atoms with Gasteiger partial charge in [-0.3, -0.25) is 18.6 Å².